The first-order chi connectivity index (χ1) is 27.3. The summed E-state index contributed by atoms with van der Waals surface area (Å²) in [6.07, 6.45) is 16.1. The highest BCUT2D eigenvalue weighted by Crippen LogP contribution is 2.55. The number of nitrogens with zero attached hydrogens (tertiary/aromatic N) is 2. The molecule has 0 fully saturated rings. The molecule has 2 atom stereocenters. The molecule has 0 radical (unpaired) electrons. The fourth-order valence-corrected chi connectivity index (χ4v) is 9.97. The van der Waals surface area contributed by atoms with E-state index in [1.165, 1.54) is 72.1 Å². The number of anilines is 1. The largest absolute Gasteiger partial charge is 0.344 e. The minimum atomic E-state index is -0.307. The van der Waals surface area contributed by atoms with E-state index < -0.39 is 0 Å². The van der Waals surface area contributed by atoms with Crippen molar-refractivity contribution in [3.8, 4) is 0 Å². The smallest absolute Gasteiger partial charge is 0.217 e. The average Bonchev–Trinajstić information content (AvgIpc) is 3.60. The van der Waals surface area contributed by atoms with E-state index in [-0.39, 0.29) is 10.8 Å². The predicted molar refractivity (Wildman–Crippen MR) is 241 cm³/mol. The predicted octanol–water partition coefficient (Wildman–Crippen LogP) is 13.1. The first kappa shape index (κ1) is 37.2. The molecular weight excluding hydrogens is 677 g/mol. The lowest BCUT2D eigenvalue weighted by Gasteiger charge is -2.34. The summed E-state index contributed by atoms with van der Waals surface area (Å²) in [5.41, 5.74) is 11.5. The summed E-state index contributed by atoms with van der Waals surface area (Å²) < 4.78 is 2.47. The van der Waals surface area contributed by atoms with E-state index in [4.69, 9.17) is 0 Å². The van der Waals surface area contributed by atoms with Crippen molar-refractivity contribution in [3.63, 3.8) is 0 Å². The molecule has 56 heavy (non-hydrogen) atoms. The molecule has 0 aliphatic carbocycles. The molecule has 0 saturated carbocycles. The van der Waals surface area contributed by atoms with Gasteiger partial charge in [0.2, 0.25) is 5.69 Å². The molecule has 2 heterocycles. The molecule has 0 saturated heterocycles. The maximum absolute atomic E-state index is 4.42. The molecule has 2 heteroatoms. The summed E-state index contributed by atoms with van der Waals surface area (Å²) in [5, 5.41) is 5.17. The van der Waals surface area contributed by atoms with Crippen molar-refractivity contribution in [3.05, 3.63) is 204 Å². The Morgan fingerprint density at radius 1 is 0.696 bits per heavy atom. The molecule has 0 spiro atoms. The lowest BCUT2D eigenvalue weighted by atomic mass is 9.69. The van der Waals surface area contributed by atoms with Crippen LogP contribution in [0.3, 0.4) is 0 Å². The van der Waals surface area contributed by atoms with Gasteiger partial charge in [-0.15, -0.1) is 13.2 Å². The lowest BCUT2D eigenvalue weighted by molar-refractivity contribution is -0.400. The molecule has 280 valence electrons. The molecule has 2 aliphatic heterocycles. The number of rotatable bonds is 13. The summed E-state index contributed by atoms with van der Waals surface area (Å²) >= 11 is 0. The Bertz CT molecular complexity index is 2530. The second-order valence-electron chi connectivity index (χ2n) is 16.5. The van der Waals surface area contributed by atoms with Crippen LogP contribution in [0.15, 0.2) is 177 Å². The highest BCUT2D eigenvalue weighted by atomic mass is 15.2. The van der Waals surface area contributed by atoms with E-state index in [0.29, 0.717) is 5.92 Å². The van der Waals surface area contributed by atoms with Crippen LogP contribution in [-0.4, -0.2) is 23.9 Å². The van der Waals surface area contributed by atoms with E-state index in [9.17, 15) is 0 Å². The van der Waals surface area contributed by atoms with Crippen molar-refractivity contribution < 1.29 is 4.58 Å². The monoisotopic (exact) mass is 731 g/mol. The number of fused-ring (bicyclic) bond motifs is 6. The zero-order chi connectivity index (χ0) is 38.9. The van der Waals surface area contributed by atoms with Gasteiger partial charge in [0.1, 0.15) is 7.05 Å². The molecular formula is C54H55N2+. The highest BCUT2D eigenvalue weighted by molar-refractivity contribution is 6.08. The van der Waals surface area contributed by atoms with Crippen molar-refractivity contribution in [2.45, 2.75) is 63.7 Å². The molecule has 0 bridgehead atoms. The van der Waals surface area contributed by atoms with Gasteiger partial charge in [0, 0.05) is 35.0 Å². The van der Waals surface area contributed by atoms with E-state index >= 15 is 0 Å². The topological polar surface area (TPSA) is 6.25 Å². The van der Waals surface area contributed by atoms with Crippen LogP contribution in [-0.2, 0) is 23.7 Å². The molecule has 6 aromatic carbocycles. The fourth-order valence-electron chi connectivity index (χ4n) is 9.97. The minimum Gasteiger partial charge on any atom is -0.344 e. The van der Waals surface area contributed by atoms with Gasteiger partial charge in [0.15, 0.2) is 5.71 Å². The zero-order valence-electron chi connectivity index (χ0n) is 33.6. The van der Waals surface area contributed by atoms with Crippen molar-refractivity contribution in [1.29, 1.82) is 0 Å². The Labute approximate surface area is 334 Å². The molecule has 6 aromatic rings. The molecule has 0 aromatic heterocycles. The van der Waals surface area contributed by atoms with Crippen LogP contribution in [0.25, 0.3) is 21.5 Å². The van der Waals surface area contributed by atoms with E-state index in [2.05, 4.69) is 208 Å². The van der Waals surface area contributed by atoms with Gasteiger partial charge in [-0.3, -0.25) is 0 Å². The lowest BCUT2D eigenvalue weighted by Crippen LogP contribution is -2.36. The molecule has 8 rings (SSSR count). The van der Waals surface area contributed by atoms with Crippen molar-refractivity contribution in [2.24, 2.45) is 5.92 Å². The molecule has 2 unspecified atom stereocenters. The maximum atomic E-state index is 4.42. The summed E-state index contributed by atoms with van der Waals surface area (Å²) in [5.74, 6) is 0.579. The van der Waals surface area contributed by atoms with Gasteiger partial charge < -0.3 is 4.90 Å². The SMILES string of the molecule is C=CCC1(Cc2ccccc2)C(/C=C/C=C2/N(CCC(C)C)c3ccc4ccccc4c3C2(CC=C)Cc2ccccc2C)=[N+](C)c2c1ccc1ccccc21. The number of benzene rings is 6. The zero-order valence-corrected chi connectivity index (χ0v) is 33.6. The first-order valence-corrected chi connectivity index (χ1v) is 20.4. The van der Waals surface area contributed by atoms with Crippen LogP contribution in [0.5, 0.6) is 0 Å². The standard InChI is InChI=1S/C54H55N2/c1-7-34-53(37-41-20-10-9-11-21-41)47-31-29-43-23-15-17-26-46(43)52(47)55(6)49(53)27-18-28-50-54(35-8-2,38-44-24-13-12-19-40(44)5)51-45-25-16-14-22-42(45)30-32-48(51)56(50)36-33-39(3)4/h7-32,39H,1-2,33-38H2,3-6H3/q+1. The maximum Gasteiger partial charge on any atom is 0.217 e. The Morgan fingerprint density at radius 2 is 1.34 bits per heavy atom. The van der Waals surface area contributed by atoms with Crippen LogP contribution < -0.4 is 4.90 Å². The van der Waals surface area contributed by atoms with Crippen molar-refractivity contribution in [2.75, 3.05) is 18.5 Å². The molecule has 0 N–H and O–H groups in total. The van der Waals surface area contributed by atoms with Gasteiger partial charge in [0.25, 0.3) is 0 Å². The van der Waals surface area contributed by atoms with Crippen molar-refractivity contribution >= 4 is 38.6 Å². The van der Waals surface area contributed by atoms with Gasteiger partial charge in [-0.2, -0.15) is 4.58 Å². The average molecular weight is 732 g/mol. The van der Waals surface area contributed by atoms with Gasteiger partial charge in [-0.05, 0) is 102 Å². The third-order valence-corrected chi connectivity index (χ3v) is 12.6. The van der Waals surface area contributed by atoms with E-state index in [1.54, 1.807) is 0 Å². The molecule has 0 amide bonds. The fraction of sp³-hybridized carbons (Fsp3) is 0.241. The van der Waals surface area contributed by atoms with Crippen LogP contribution in [0, 0.1) is 12.8 Å². The van der Waals surface area contributed by atoms with Gasteiger partial charge in [-0.1, -0.05) is 147 Å². The third kappa shape index (κ3) is 6.36. The highest BCUT2D eigenvalue weighted by Gasteiger charge is 2.51. The Balaban J connectivity index is 1.36. The van der Waals surface area contributed by atoms with Crippen LogP contribution in [0.2, 0.25) is 0 Å². The Kier molecular flexibility index (Phi) is 10.2. The van der Waals surface area contributed by atoms with Crippen LogP contribution in [0.4, 0.5) is 11.4 Å². The van der Waals surface area contributed by atoms with Gasteiger partial charge in [-0.25, -0.2) is 0 Å². The Hall–Kier alpha value is -5.73. The molecule has 2 nitrogen and oxygen atoms in total. The summed E-state index contributed by atoms with van der Waals surface area (Å²) in [6, 6.07) is 47.1. The van der Waals surface area contributed by atoms with Gasteiger partial charge >= 0.3 is 0 Å². The van der Waals surface area contributed by atoms with E-state index in [1.807, 2.05) is 0 Å². The van der Waals surface area contributed by atoms with Gasteiger partial charge in [0.05, 0.1) is 10.8 Å². The van der Waals surface area contributed by atoms with Crippen molar-refractivity contribution in [1.82, 2.24) is 0 Å². The normalized spacial score (nSPS) is 19.8. The summed E-state index contributed by atoms with van der Waals surface area (Å²) in [4.78, 5) is 2.65. The second kappa shape index (κ2) is 15.4. The van der Waals surface area contributed by atoms with Crippen LogP contribution >= 0.6 is 0 Å². The summed E-state index contributed by atoms with van der Waals surface area (Å²) in [7, 11) is 2.26. The molecule has 2 aliphatic rings. The number of aryl methyl sites for hydroxylation is 1. The number of allylic oxidation sites excluding steroid dienone is 6. The number of hydrogen-bond donors (Lipinski definition) is 0. The third-order valence-electron chi connectivity index (χ3n) is 12.6. The van der Waals surface area contributed by atoms with E-state index in [0.717, 1.165) is 38.6 Å². The Morgan fingerprint density at radius 3 is 2.07 bits per heavy atom. The first-order valence-electron chi connectivity index (χ1n) is 20.4. The number of hydrogen-bond acceptors (Lipinski definition) is 1. The minimum absolute atomic E-state index is 0.280. The second-order valence-corrected chi connectivity index (χ2v) is 16.5. The summed E-state index contributed by atoms with van der Waals surface area (Å²) in [6.45, 7) is 16.7. The van der Waals surface area contributed by atoms with Crippen LogP contribution in [0.1, 0.15) is 60.9 Å². The quantitative estimate of drug-likeness (QED) is 0.0847.